The fraction of sp³-hybridized carbons (Fsp3) is 0.643. The average molecular weight is 297 g/mol. The molecule has 0 radical (unpaired) electrons. The van der Waals surface area contributed by atoms with Crippen molar-refractivity contribution in [2.75, 3.05) is 12.9 Å². The molecule has 0 aromatic carbocycles. The second-order valence-electron chi connectivity index (χ2n) is 5.11. The summed E-state index contributed by atoms with van der Waals surface area (Å²) in [6, 6.07) is 2.02. The van der Waals surface area contributed by atoms with Crippen LogP contribution >= 0.6 is 11.8 Å². The molecule has 1 aromatic heterocycles. The summed E-state index contributed by atoms with van der Waals surface area (Å²) in [5.74, 6) is 0.656. The summed E-state index contributed by atoms with van der Waals surface area (Å²) >= 11 is 1.60. The Bertz CT molecular complexity index is 414. The lowest BCUT2D eigenvalue weighted by molar-refractivity contribution is -0.148. The molecule has 0 saturated carbocycles. The number of carbonyl (C=O) groups is 1. The van der Waals surface area contributed by atoms with E-state index in [1.807, 2.05) is 20.8 Å². The van der Waals surface area contributed by atoms with Crippen molar-refractivity contribution in [1.82, 2.24) is 15.3 Å². The van der Waals surface area contributed by atoms with Crippen molar-refractivity contribution in [2.45, 2.75) is 50.4 Å². The number of methoxy groups -OCH3 is 1. The smallest absolute Gasteiger partial charge is 0.325 e. The molecule has 0 fully saturated rings. The van der Waals surface area contributed by atoms with Gasteiger partial charge in [-0.05, 0) is 39.7 Å². The zero-order valence-corrected chi connectivity index (χ0v) is 13.4. The molecule has 1 atom stereocenters. The van der Waals surface area contributed by atoms with Gasteiger partial charge in [0.15, 0.2) is 5.16 Å². The van der Waals surface area contributed by atoms with Crippen molar-refractivity contribution in [2.24, 2.45) is 0 Å². The van der Waals surface area contributed by atoms with Gasteiger partial charge in [-0.25, -0.2) is 9.97 Å². The van der Waals surface area contributed by atoms with Crippen LogP contribution in [0.25, 0.3) is 0 Å². The van der Waals surface area contributed by atoms with Gasteiger partial charge in [-0.3, -0.25) is 10.1 Å². The van der Waals surface area contributed by atoms with Gasteiger partial charge in [-0.2, -0.15) is 0 Å². The molecule has 0 amide bonds. The molecule has 20 heavy (non-hydrogen) atoms. The fourth-order valence-electron chi connectivity index (χ4n) is 2.04. The van der Waals surface area contributed by atoms with E-state index in [2.05, 4.69) is 15.3 Å². The van der Waals surface area contributed by atoms with Crippen LogP contribution in [0.5, 0.6) is 0 Å². The molecule has 0 aliphatic rings. The summed E-state index contributed by atoms with van der Waals surface area (Å²) < 4.78 is 4.90. The first kappa shape index (κ1) is 16.9. The monoisotopic (exact) mass is 297 g/mol. The van der Waals surface area contributed by atoms with Gasteiger partial charge in [0.05, 0.1) is 7.11 Å². The number of ether oxygens (including phenoxy) is 1. The Morgan fingerprint density at radius 3 is 2.65 bits per heavy atom. The Hall–Kier alpha value is -1.14. The van der Waals surface area contributed by atoms with Gasteiger partial charge in [0.25, 0.3) is 0 Å². The third kappa shape index (κ3) is 5.46. The Labute approximate surface area is 124 Å². The maximum atomic E-state index is 11.9. The highest BCUT2D eigenvalue weighted by Crippen LogP contribution is 2.20. The Morgan fingerprint density at radius 2 is 2.10 bits per heavy atom. The van der Waals surface area contributed by atoms with Gasteiger partial charge in [0, 0.05) is 24.2 Å². The zero-order valence-electron chi connectivity index (χ0n) is 12.5. The molecule has 1 N–H and O–H groups in total. The van der Waals surface area contributed by atoms with Gasteiger partial charge in [0.1, 0.15) is 5.54 Å². The number of rotatable bonds is 8. The third-order valence-electron chi connectivity index (χ3n) is 2.84. The maximum absolute atomic E-state index is 11.9. The number of hydrogen-bond acceptors (Lipinski definition) is 6. The highest BCUT2D eigenvalue weighted by atomic mass is 32.2. The Kier molecular flexibility index (Phi) is 6.95. The van der Waals surface area contributed by atoms with Crippen LogP contribution in [0.3, 0.4) is 0 Å². The van der Waals surface area contributed by atoms with Gasteiger partial charge in [-0.15, -0.1) is 0 Å². The van der Waals surface area contributed by atoms with Crippen LogP contribution in [0.1, 0.15) is 33.6 Å². The van der Waals surface area contributed by atoms with Crippen LogP contribution in [0.4, 0.5) is 0 Å². The van der Waals surface area contributed by atoms with E-state index in [0.29, 0.717) is 0 Å². The summed E-state index contributed by atoms with van der Waals surface area (Å²) in [6.07, 6.45) is 5.06. The van der Waals surface area contributed by atoms with Crippen molar-refractivity contribution < 1.29 is 9.53 Å². The normalized spacial score (nSPS) is 14.1. The second kappa shape index (κ2) is 8.21. The number of thioether (sulfide) groups is 1. The van der Waals surface area contributed by atoms with Crippen molar-refractivity contribution in [3.8, 4) is 0 Å². The van der Waals surface area contributed by atoms with Crippen LogP contribution in [-0.2, 0) is 9.53 Å². The first-order valence-corrected chi connectivity index (χ1v) is 7.72. The van der Waals surface area contributed by atoms with Crippen LogP contribution < -0.4 is 5.32 Å². The summed E-state index contributed by atoms with van der Waals surface area (Å²) in [5.41, 5.74) is -0.638. The van der Waals surface area contributed by atoms with Crippen LogP contribution in [0, 0.1) is 0 Å². The molecule has 0 bridgehead atoms. The molecule has 5 nitrogen and oxygen atoms in total. The standard InChI is InChI=1S/C14H23N3O2S/c1-11(2)17-14(3,12(18)19-4)7-5-10-20-13-15-8-6-9-16-13/h6,8-9,11,17H,5,7,10H2,1-4H3. The molecule has 1 unspecified atom stereocenters. The zero-order chi connectivity index (χ0) is 15.0. The predicted molar refractivity (Wildman–Crippen MR) is 80.7 cm³/mol. The maximum Gasteiger partial charge on any atom is 0.325 e. The van der Waals surface area contributed by atoms with Gasteiger partial charge in [0.2, 0.25) is 0 Å². The van der Waals surface area contributed by atoms with E-state index < -0.39 is 5.54 Å². The largest absolute Gasteiger partial charge is 0.468 e. The summed E-state index contributed by atoms with van der Waals surface area (Å²) in [4.78, 5) is 20.2. The Morgan fingerprint density at radius 1 is 1.45 bits per heavy atom. The second-order valence-corrected chi connectivity index (χ2v) is 6.17. The highest BCUT2D eigenvalue weighted by molar-refractivity contribution is 7.99. The molecule has 1 aromatic rings. The van der Waals surface area contributed by atoms with Gasteiger partial charge in [-0.1, -0.05) is 11.8 Å². The molecule has 112 valence electrons. The van der Waals surface area contributed by atoms with Crippen molar-refractivity contribution in [3.05, 3.63) is 18.5 Å². The number of esters is 1. The molecule has 6 heteroatoms. The fourth-order valence-corrected chi connectivity index (χ4v) is 2.79. The minimum Gasteiger partial charge on any atom is -0.468 e. The molecular weight excluding hydrogens is 274 g/mol. The van der Waals surface area contributed by atoms with E-state index in [1.165, 1.54) is 7.11 Å². The van der Waals surface area contributed by atoms with Crippen molar-refractivity contribution in [1.29, 1.82) is 0 Å². The van der Waals surface area contributed by atoms with Crippen molar-refractivity contribution >= 4 is 17.7 Å². The number of aromatic nitrogens is 2. The van der Waals surface area contributed by atoms with Gasteiger partial charge < -0.3 is 4.74 Å². The Balaban J connectivity index is 2.44. The lowest BCUT2D eigenvalue weighted by atomic mass is 9.95. The summed E-state index contributed by atoms with van der Waals surface area (Å²) in [6.45, 7) is 5.93. The van der Waals surface area contributed by atoms with Gasteiger partial charge >= 0.3 is 5.97 Å². The average Bonchev–Trinajstić information content (AvgIpc) is 2.43. The molecule has 0 aliphatic carbocycles. The van der Waals surface area contributed by atoms with E-state index >= 15 is 0 Å². The number of hydrogen-bond donors (Lipinski definition) is 1. The third-order valence-corrected chi connectivity index (χ3v) is 3.80. The lowest BCUT2D eigenvalue weighted by Crippen LogP contribution is -2.53. The highest BCUT2D eigenvalue weighted by Gasteiger charge is 2.34. The van der Waals surface area contributed by atoms with Crippen LogP contribution in [-0.4, -0.2) is 40.4 Å². The minimum atomic E-state index is -0.638. The molecule has 1 rings (SSSR count). The number of nitrogens with zero attached hydrogens (tertiary/aromatic N) is 2. The van der Waals surface area contributed by atoms with Crippen LogP contribution in [0.15, 0.2) is 23.6 Å². The topological polar surface area (TPSA) is 64.1 Å². The predicted octanol–water partition coefficient (Wildman–Crippen LogP) is 2.28. The molecule has 0 spiro atoms. The summed E-state index contributed by atoms with van der Waals surface area (Å²) in [5, 5.41) is 4.06. The molecule has 1 heterocycles. The SMILES string of the molecule is COC(=O)C(C)(CCCSc1ncccn1)NC(C)C. The van der Waals surface area contributed by atoms with E-state index in [9.17, 15) is 4.79 Å². The number of carbonyl (C=O) groups excluding carboxylic acids is 1. The summed E-state index contributed by atoms with van der Waals surface area (Å²) in [7, 11) is 1.43. The first-order valence-electron chi connectivity index (χ1n) is 6.74. The van der Waals surface area contributed by atoms with E-state index in [4.69, 9.17) is 4.74 Å². The van der Waals surface area contributed by atoms with Crippen LogP contribution in [0.2, 0.25) is 0 Å². The number of nitrogens with one attached hydrogen (secondary N) is 1. The molecule has 0 saturated heterocycles. The van der Waals surface area contributed by atoms with E-state index in [-0.39, 0.29) is 12.0 Å². The molecule has 0 aliphatic heterocycles. The first-order chi connectivity index (χ1) is 9.48. The lowest BCUT2D eigenvalue weighted by Gasteiger charge is -2.30. The van der Waals surface area contributed by atoms with Crippen molar-refractivity contribution in [3.63, 3.8) is 0 Å². The quantitative estimate of drug-likeness (QED) is 0.344. The minimum absolute atomic E-state index is 0.216. The van der Waals surface area contributed by atoms with E-state index in [0.717, 1.165) is 23.8 Å². The molecular formula is C14H23N3O2S. The van der Waals surface area contributed by atoms with E-state index in [1.54, 1.807) is 30.2 Å².